The normalized spacial score (nSPS) is 28.7. The summed E-state index contributed by atoms with van der Waals surface area (Å²) < 4.78 is 0. The molecule has 2 heterocycles. The summed E-state index contributed by atoms with van der Waals surface area (Å²) >= 11 is 0. The van der Waals surface area contributed by atoms with Gasteiger partial charge in [0.2, 0.25) is 0 Å². The van der Waals surface area contributed by atoms with Crippen molar-refractivity contribution >= 4 is 11.4 Å². The molecule has 0 radical (unpaired) electrons. The molecule has 8 rings (SSSR count). The van der Waals surface area contributed by atoms with Crippen LogP contribution >= 0.6 is 0 Å². The second-order valence-corrected chi connectivity index (χ2v) is 10.6. The highest BCUT2D eigenvalue weighted by molar-refractivity contribution is 5.89. The molecule has 0 amide bonds. The fraction of sp³-hybridized carbons (Fsp3) is 0.235. The second kappa shape index (κ2) is 9.02. The molecule has 0 saturated heterocycles. The lowest BCUT2D eigenvalue weighted by Crippen LogP contribution is -2.64. The minimum atomic E-state index is 0.451. The van der Waals surface area contributed by atoms with Gasteiger partial charge in [-0.3, -0.25) is 0 Å². The first-order valence-corrected chi connectivity index (χ1v) is 13.4. The van der Waals surface area contributed by atoms with Gasteiger partial charge in [-0.25, -0.2) is 0 Å². The van der Waals surface area contributed by atoms with Crippen LogP contribution in [-0.2, 0) is 0 Å². The quantitative estimate of drug-likeness (QED) is 0.335. The molecule has 2 fully saturated rings. The van der Waals surface area contributed by atoms with Crippen molar-refractivity contribution in [2.24, 2.45) is 11.8 Å². The summed E-state index contributed by atoms with van der Waals surface area (Å²) in [6.45, 7) is 0. The van der Waals surface area contributed by atoms with Crippen LogP contribution in [0.4, 0.5) is 0 Å². The van der Waals surface area contributed by atoms with Crippen LogP contribution < -0.4 is 10.6 Å². The van der Waals surface area contributed by atoms with Gasteiger partial charge in [0.1, 0.15) is 0 Å². The Hall–Kier alpha value is -3.78. The molecule has 6 unspecified atom stereocenters. The first-order chi connectivity index (χ1) is 17.9. The lowest BCUT2D eigenvalue weighted by molar-refractivity contribution is -0.00484. The highest BCUT2D eigenvalue weighted by Crippen LogP contribution is 2.63. The van der Waals surface area contributed by atoms with E-state index >= 15 is 0 Å². The van der Waals surface area contributed by atoms with Crippen molar-refractivity contribution in [2.75, 3.05) is 0 Å². The summed E-state index contributed by atoms with van der Waals surface area (Å²) in [6.07, 6.45) is 2.39. The number of rotatable bonds is 4. The molecular formula is C34H32N2. The van der Waals surface area contributed by atoms with E-state index in [-0.39, 0.29) is 0 Å². The molecule has 36 heavy (non-hydrogen) atoms. The number of benzene rings is 4. The fourth-order valence-electron chi connectivity index (χ4n) is 7.32. The van der Waals surface area contributed by atoms with Crippen molar-refractivity contribution in [3.63, 3.8) is 0 Å². The van der Waals surface area contributed by atoms with Crippen molar-refractivity contribution in [2.45, 2.75) is 36.8 Å². The molecule has 0 aromatic heterocycles. The van der Waals surface area contributed by atoms with E-state index in [1.165, 1.54) is 46.5 Å². The van der Waals surface area contributed by atoms with Crippen LogP contribution in [0, 0.1) is 11.8 Å². The predicted molar refractivity (Wildman–Crippen MR) is 148 cm³/mol. The zero-order valence-corrected chi connectivity index (χ0v) is 20.4. The van der Waals surface area contributed by atoms with Gasteiger partial charge in [-0.2, -0.15) is 0 Å². The van der Waals surface area contributed by atoms with E-state index < -0.39 is 0 Å². The maximum absolute atomic E-state index is 4.13. The van der Waals surface area contributed by atoms with Gasteiger partial charge in [0.05, 0.1) is 11.4 Å². The van der Waals surface area contributed by atoms with Gasteiger partial charge >= 0.3 is 0 Å². The Morgan fingerprint density at radius 1 is 0.417 bits per heavy atom. The molecular weight excluding hydrogens is 436 g/mol. The monoisotopic (exact) mass is 468 g/mol. The summed E-state index contributed by atoms with van der Waals surface area (Å²) in [4.78, 5) is 0. The molecule has 4 aliphatic rings. The standard InChI is InChI=1S/C34H32N2/c1-5-13-23(14-6-1)29-30(24-15-7-2-8-16-24)32-28-22-21-27(31(29)32)35-33(25-17-9-3-10-18-25)34(36-28)26-19-11-4-12-20-26/h1-20,27-32,35-36H,21-22H2. The third kappa shape index (κ3) is 3.55. The largest absolute Gasteiger partial charge is 0.380 e. The summed E-state index contributed by atoms with van der Waals surface area (Å²) in [6, 6.07) is 45.2. The third-order valence-corrected chi connectivity index (χ3v) is 8.78. The van der Waals surface area contributed by atoms with Crippen molar-refractivity contribution in [3.8, 4) is 0 Å². The minimum Gasteiger partial charge on any atom is -0.380 e. The maximum Gasteiger partial charge on any atom is 0.0658 e. The Morgan fingerprint density at radius 2 is 0.750 bits per heavy atom. The number of hydrogen-bond donors (Lipinski definition) is 2. The third-order valence-electron chi connectivity index (χ3n) is 8.78. The van der Waals surface area contributed by atoms with Crippen LogP contribution in [0.2, 0.25) is 0 Å². The van der Waals surface area contributed by atoms with Crippen LogP contribution in [0.5, 0.6) is 0 Å². The zero-order chi connectivity index (χ0) is 23.9. The van der Waals surface area contributed by atoms with E-state index in [2.05, 4.69) is 132 Å². The van der Waals surface area contributed by atoms with Gasteiger partial charge in [0, 0.05) is 12.1 Å². The van der Waals surface area contributed by atoms with Crippen LogP contribution in [0.25, 0.3) is 11.4 Å². The fourth-order valence-corrected chi connectivity index (χ4v) is 7.32. The van der Waals surface area contributed by atoms with Gasteiger partial charge in [0.25, 0.3) is 0 Å². The molecule has 4 aromatic rings. The van der Waals surface area contributed by atoms with Gasteiger partial charge in [-0.1, -0.05) is 121 Å². The number of fused-ring (bicyclic) bond motifs is 3. The summed E-state index contributed by atoms with van der Waals surface area (Å²) in [5.41, 5.74) is 7.95. The average molecular weight is 469 g/mol. The molecule has 6 atom stereocenters. The van der Waals surface area contributed by atoms with E-state index in [9.17, 15) is 0 Å². The van der Waals surface area contributed by atoms with Crippen molar-refractivity contribution in [3.05, 3.63) is 144 Å². The molecule has 2 aliphatic carbocycles. The summed E-state index contributed by atoms with van der Waals surface area (Å²) in [7, 11) is 0. The van der Waals surface area contributed by atoms with E-state index in [1.54, 1.807) is 0 Å². The Balaban J connectivity index is 1.37. The van der Waals surface area contributed by atoms with Crippen molar-refractivity contribution in [1.82, 2.24) is 10.6 Å². The Morgan fingerprint density at radius 3 is 1.11 bits per heavy atom. The van der Waals surface area contributed by atoms with Gasteiger partial charge in [-0.05, 0) is 58.8 Å². The smallest absolute Gasteiger partial charge is 0.0658 e. The molecule has 2 N–H and O–H groups in total. The zero-order valence-electron chi connectivity index (χ0n) is 20.4. The van der Waals surface area contributed by atoms with E-state index in [4.69, 9.17) is 0 Å². The molecule has 2 aliphatic heterocycles. The van der Waals surface area contributed by atoms with Crippen LogP contribution in [0.3, 0.4) is 0 Å². The molecule has 178 valence electrons. The minimum absolute atomic E-state index is 0.451. The van der Waals surface area contributed by atoms with Crippen LogP contribution in [0.1, 0.15) is 46.9 Å². The first-order valence-electron chi connectivity index (χ1n) is 13.4. The summed E-state index contributed by atoms with van der Waals surface area (Å²) in [5, 5.41) is 8.26. The Bertz CT molecular complexity index is 1240. The molecule has 4 aromatic carbocycles. The lowest BCUT2D eigenvalue weighted by Gasteiger charge is -2.62. The van der Waals surface area contributed by atoms with E-state index in [0.29, 0.717) is 35.8 Å². The van der Waals surface area contributed by atoms with E-state index in [1.807, 2.05) is 0 Å². The van der Waals surface area contributed by atoms with Crippen molar-refractivity contribution in [1.29, 1.82) is 0 Å². The van der Waals surface area contributed by atoms with Gasteiger partial charge in [0.15, 0.2) is 0 Å². The highest BCUT2D eigenvalue weighted by atomic mass is 15.1. The van der Waals surface area contributed by atoms with Crippen LogP contribution in [-0.4, -0.2) is 12.1 Å². The molecule has 2 nitrogen and oxygen atoms in total. The van der Waals surface area contributed by atoms with E-state index in [0.717, 1.165) is 0 Å². The topological polar surface area (TPSA) is 24.1 Å². The molecule has 2 heteroatoms. The van der Waals surface area contributed by atoms with Gasteiger partial charge in [-0.15, -0.1) is 0 Å². The predicted octanol–water partition coefficient (Wildman–Crippen LogP) is 7.05. The first kappa shape index (κ1) is 21.5. The number of nitrogens with one attached hydrogen (secondary N) is 2. The Labute approximate surface area is 214 Å². The summed E-state index contributed by atoms with van der Waals surface area (Å²) in [5.74, 6) is 2.24. The maximum atomic E-state index is 4.13. The molecule has 2 bridgehead atoms. The van der Waals surface area contributed by atoms with Crippen molar-refractivity contribution < 1.29 is 0 Å². The lowest BCUT2D eigenvalue weighted by atomic mass is 9.45. The molecule has 2 saturated carbocycles. The van der Waals surface area contributed by atoms with Crippen LogP contribution in [0.15, 0.2) is 121 Å². The Kier molecular flexibility index (Phi) is 5.39. The highest BCUT2D eigenvalue weighted by Gasteiger charge is 2.59. The van der Waals surface area contributed by atoms with Gasteiger partial charge < -0.3 is 10.6 Å². The number of hydrogen-bond acceptors (Lipinski definition) is 2. The SMILES string of the molecule is c1ccc(C2=C(c3ccccc3)NC3CCC(N2)C2C(c4ccccc4)C(c4ccccc4)C32)cc1. The molecule has 0 spiro atoms. The second-order valence-electron chi connectivity index (χ2n) is 10.6. The average Bonchev–Trinajstić information content (AvgIpc) is 2.92.